The molecule has 7 heteroatoms. The molecule has 2 aromatic heterocycles. The number of piperidine rings is 1. The van der Waals surface area contributed by atoms with Gasteiger partial charge in [-0.1, -0.05) is 0 Å². The Morgan fingerprint density at radius 2 is 2.25 bits per heavy atom. The highest BCUT2D eigenvalue weighted by molar-refractivity contribution is 9.10. The molecule has 20 heavy (non-hydrogen) atoms. The first-order valence-electron chi connectivity index (χ1n) is 6.53. The third kappa shape index (κ3) is 2.58. The molecule has 0 bridgehead atoms. The maximum atomic E-state index is 12.6. The zero-order valence-corrected chi connectivity index (χ0v) is 12.4. The van der Waals surface area contributed by atoms with Crippen molar-refractivity contribution in [2.24, 2.45) is 0 Å². The normalized spacial score (nSPS) is 19.1. The number of aromatic nitrogens is 4. The predicted octanol–water partition coefficient (Wildman–Crippen LogP) is 2.33. The number of nitrogens with zero attached hydrogens (tertiary/aromatic N) is 4. The number of hydrogen-bond acceptors (Lipinski definition) is 4. The van der Waals surface area contributed by atoms with Crippen LogP contribution in [0.5, 0.6) is 0 Å². The Morgan fingerprint density at radius 3 is 2.95 bits per heavy atom. The number of amides is 1. The van der Waals surface area contributed by atoms with Gasteiger partial charge in [-0.05, 0) is 47.3 Å². The number of H-pyrrole nitrogens is 1. The highest BCUT2D eigenvalue weighted by Gasteiger charge is 2.30. The van der Waals surface area contributed by atoms with Crippen molar-refractivity contribution in [3.05, 3.63) is 40.6 Å². The molecule has 0 spiro atoms. The van der Waals surface area contributed by atoms with E-state index >= 15 is 0 Å². The molecule has 2 aromatic rings. The smallest absolute Gasteiger partial charge is 0.273 e. The van der Waals surface area contributed by atoms with Crippen LogP contribution in [-0.4, -0.2) is 37.5 Å². The Kier molecular flexibility index (Phi) is 3.77. The van der Waals surface area contributed by atoms with E-state index in [-0.39, 0.29) is 11.9 Å². The van der Waals surface area contributed by atoms with Gasteiger partial charge in [-0.3, -0.25) is 9.89 Å². The van der Waals surface area contributed by atoms with Crippen LogP contribution in [-0.2, 0) is 0 Å². The first-order chi connectivity index (χ1) is 9.75. The zero-order valence-electron chi connectivity index (χ0n) is 10.8. The zero-order chi connectivity index (χ0) is 13.9. The Hall–Kier alpha value is -1.76. The van der Waals surface area contributed by atoms with Gasteiger partial charge < -0.3 is 4.90 Å². The number of hydrogen-bond donors (Lipinski definition) is 1. The third-order valence-electron chi connectivity index (χ3n) is 3.46. The lowest BCUT2D eigenvalue weighted by Crippen LogP contribution is -2.39. The fourth-order valence-corrected chi connectivity index (χ4v) is 2.72. The number of aromatic amines is 1. The van der Waals surface area contributed by atoms with E-state index in [0.29, 0.717) is 5.69 Å². The van der Waals surface area contributed by atoms with Crippen LogP contribution in [0.25, 0.3) is 0 Å². The fourth-order valence-electron chi connectivity index (χ4n) is 2.48. The van der Waals surface area contributed by atoms with Gasteiger partial charge in [0.15, 0.2) is 0 Å². The molecule has 0 unspecified atom stereocenters. The molecule has 1 aliphatic heterocycles. The molecule has 104 valence electrons. The van der Waals surface area contributed by atoms with E-state index in [2.05, 4.69) is 36.1 Å². The lowest BCUT2D eigenvalue weighted by atomic mass is 10.0. The minimum Gasteiger partial charge on any atom is -0.327 e. The summed E-state index contributed by atoms with van der Waals surface area (Å²) in [6, 6.07) is 3.52. The first-order valence-corrected chi connectivity index (χ1v) is 7.33. The summed E-state index contributed by atoms with van der Waals surface area (Å²) in [6.07, 6.45) is 6.11. The van der Waals surface area contributed by atoms with Gasteiger partial charge in [-0.2, -0.15) is 5.10 Å². The summed E-state index contributed by atoms with van der Waals surface area (Å²) >= 11 is 3.32. The number of carbonyl (C=O) groups is 1. The lowest BCUT2D eigenvalue weighted by Gasteiger charge is -2.34. The maximum absolute atomic E-state index is 12.6. The van der Waals surface area contributed by atoms with Crippen molar-refractivity contribution in [1.29, 1.82) is 0 Å². The topological polar surface area (TPSA) is 74.8 Å². The molecule has 1 atom stereocenters. The molecule has 3 rings (SSSR count). The van der Waals surface area contributed by atoms with Gasteiger partial charge in [0.2, 0.25) is 0 Å². The van der Waals surface area contributed by atoms with E-state index in [9.17, 15) is 4.79 Å². The van der Waals surface area contributed by atoms with Crippen molar-refractivity contribution in [1.82, 2.24) is 25.1 Å². The van der Waals surface area contributed by atoms with Crippen LogP contribution in [0.15, 0.2) is 29.1 Å². The van der Waals surface area contributed by atoms with E-state index in [4.69, 9.17) is 0 Å². The largest absolute Gasteiger partial charge is 0.327 e. The third-order valence-corrected chi connectivity index (χ3v) is 3.93. The summed E-state index contributed by atoms with van der Waals surface area (Å²) in [6.45, 7) is 0.724. The summed E-state index contributed by atoms with van der Waals surface area (Å²) in [5.74, 6) is 0.689. The number of rotatable bonds is 2. The first kappa shape index (κ1) is 13.2. The van der Waals surface area contributed by atoms with Crippen molar-refractivity contribution in [3.63, 3.8) is 0 Å². The summed E-state index contributed by atoms with van der Waals surface area (Å²) in [5.41, 5.74) is 0.458. The average molecular weight is 336 g/mol. The minimum atomic E-state index is -0.0569. The number of likely N-dealkylation sites (tertiary alicyclic amines) is 1. The van der Waals surface area contributed by atoms with Gasteiger partial charge >= 0.3 is 0 Å². The number of carbonyl (C=O) groups excluding carboxylic acids is 1. The lowest BCUT2D eigenvalue weighted by molar-refractivity contribution is 0.0594. The van der Waals surface area contributed by atoms with Gasteiger partial charge in [-0.25, -0.2) is 9.97 Å². The molecule has 1 N–H and O–H groups in total. The van der Waals surface area contributed by atoms with Gasteiger partial charge in [-0.15, -0.1) is 0 Å². The van der Waals surface area contributed by atoms with Crippen molar-refractivity contribution >= 4 is 21.8 Å². The van der Waals surface area contributed by atoms with E-state index in [0.717, 1.165) is 36.1 Å². The Balaban J connectivity index is 1.86. The average Bonchev–Trinajstić information content (AvgIpc) is 3.01. The van der Waals surface area contributed by atoms with E-state index in [1.807, 2.05) is 11.0 Å². The van der Waals surface area contributed by atoms with E-state index in [1.54, 1.807) is 12.3 Å². The molecule has 3 heterocycles. The molecule has 1 saturated heterocycles. The molecule has 0 aromatic carbocycles. The molecule has 0 saturated carbocycles. The van der Waals surface area contributed by atoms with Gasteiger partial charge in [0.05, 0.1) is 6.04 Å². The quantitative estimate of drug-likeness (QED) is 0.913. The molecular formula is C13H14BrN5O. The maximum Gasteiger partial charge on any atom is 0.273 e. The van der Waals surface area contributed by atoms with Crippen molar-refractivity contribution in [3.8, 4) is 0 Å². The van der Waals surface area contributed by atoms with Crippen LogP contribution in [0.1, 0.15) is 41.6 Å². The molecule has 0 radical (unpaired) electrons. The summed E-state index contributed by atoms with van der Waals surface area (Å²) in [4.78, 5) is 22.8. The van der Waals surface area contributed by atoms with Crippen molar-refractivity contribution in [2.75, 3.05) is 6.54 Å². The molecule has 1 amide bonds. The Labute approximate surface area is 124 Å². The van der Waals surface area contributed by atoms with Crippen LogP contribution in [0.2, 0.25) is 0 Å². The molecule has 0 aliphatic carbocycles. The molecule has 1 aliphatic rings. The van der Waals surface area contributed by atoms with Crippen LogP contribution < -0.4 is 0 Å². The SMILES string of the molecule is O=C(c1ccc(Br)cn1)N1CCCC[C@@H]1c1ncn[nH]1. The Bertz CT molecular complexity index is 583. The van der Waals surface area contributed by atoms with Gasteiger partial charge in [0.1, 0.15) is 17.8 Å². The summed E-state index contributed by atoms with van der Waals surface area (Å²) in [7, 11) is 0. The number of pyridine rings is 1. The van der Waals surface area contributed by atoms with Crippen molar-refractivity contribution in [2.45, 2.75) is 25.3 Å². The van der Waals surface area contributed by atoms with Crippen LogP contribution >= 0.6 is 15.9 Å². The minimum absolute atomic E-state index is 0.0378. The second kappa shape index (κ2) is 5.70. The summed E-state index contributed by atoms with van der Waals surface area (Å²) < 4.78 is 0.861. The molecule has 6 nitrogen and oxygen atoms in total. The number of nitrogens with one attached hydrogen (secondary N) is 1. The highest BCUT2D eigenvalue weighted by atomic mass is 79.9. The van der Waals surface area contributed by atoms with E-state index in [1.165, 1.54) is 6.33 Å². The van der Waals surface area contributed by atoms with Crippen LogP contribution in [0, 0.1) is 0 Å². The molecule has 1 fully saturated rings. The van der Waals surface area contributed by atoms with Crippen LogP contribution in [0.3, 0.4) is 0 Å². The second-order valence-electron chi connectivity index (χ2n) is 4.74. The highest BCUT2D eigenvalue weighted by Crippen LogP contribution is 2.29. The fraction of sp³-hybridized carbons (Fsp3) is 0.385. The van der Waals surface area contributed by atoms with Crippen LogP contribution in [0.4, 0.5) is 0 Å². The van der Waals surface area contributed by atoms with Crippen molar-refractivity contribution < 1.29 is 4.79 Å². The predicted molar refractivity (Wildman–Crippen MR) is 75.9 cm³/mol. The summed E-state index contributed by atoms with van der Waals surface area (Å²) in [5, 5.41) is 6.75. The van der Waals surface area contributed by atoms with E-state index < -0.39 is 0 Å². The van der Waals surface area contributed by atoms with Gasteiger partial charge in [0.25, 0.3) is 5.91 Å². The Morgan fingerprint density at radius 1 is 1.35 bits per heavy atom. The standard InChI is InChI=1S/C13H14BrN5O/c14-9-4-5-10(15-7-9)13(20)19-6-2-1-3-11(19)12-16-8-17-18-12/h4-5,7-8,11H,1-3,6H2,(H,16,17,18)/t11-/m1/s1. The molecular weight excluding hydrogens is 322 g/mol. The monoisotopic (exact) mass is 335 g/mol. The second-order valence-corrected chi connectivity index (χ2v) is 5.66. The van der Waals surface area contributed by atoms with Gasteiger partial charge in [0, 0.05) is 17.2 Å². The number of halogens is 1.